The van der Waals surface area contributed by atoms with E-state index in [9.17, 15) is 4.79 Å². The van der Waals surface area contributed by atoms with E-state index in [1.54, 1.807) is 0 Å². The fourth-order valence-corrected chi connectivity index (χ4v) is 1.28. The first kappa shape index (κ1) is 9.48. The molecule has 1 amide bonds. The summed E-state index contributed by atoms with van der Waals surface area (Å²) in [5, 5.41) is 0. The number of amides is 1. The summed E-state index contributed by atoms with van der Waals surface area (Å²) in [6, 6.07) is 0. The molecule has 1 aliphatic rings. The number of piperazine rings is 1. The average molecular weight is 170 g/mol. The Morgan fingerprint density at radius 2 is 1.92 bits per heavy atom. The highest BCUT2D eigenvalue weighted by atomic mass is 16.2. The van der Waals surface area contributed by atoms with Gasteiger partial charge in [0.2, 0.25) is 5.91 Å². The molecular formula is C8H16N3O. The summed E-state index contributed by atoms with van der Waals surface area (Å²) in [4.78, 5) is 15.1. The molecule has 69 valence electrons. The number of nitrogens with zero attached hydrogens (tertiary/aromatic N) is 2. The summed E-state index contributed by atoms with van der Waals surface area (Å²) in [7, 11) is 3.81. The molecule has 0 unspecified atom stereocenters. The minimum Gasteiger partial charge on any atom is -0.340 e. The van der Waals surface area contributed by atoms with Crippen molar-refractivity contribution in [2.24, 2.45) is 5.73 Å². The number of carbonyl (C=O) groups excluding carboxylic acids is 1. The van der Waals surface area contributed by atoms with Crippen molar-refractivity contribution in [2.45, 2.75) is 6.42 Å². The molecule has 1 fully saturated rings. The molecule has 0 aromatic heterocycles. The van der Waals surface area contributed by atoms with Crippen molar-refractivity contribution in [3.05, 3.63) is 7.05 Å². The van der Waals surface area contributed by atoms with Crippen LogP contribution in [0.25, 0.3) is 0 Å². The van der Waals surface area contributed by atoms with Crippen LogP contribution in [-0.2, 0) is 4.79 Å². The molecule has 1 radical (unpaired) electrons. The van der Waals surface area contributed by atoms with Crippen LogP contribution in [0.1, 0.15) is 6.42 Å². The van der Waals surface area contributed by atoms with E-state index in [1.807, 2.05) is 9.80 Å². The van der Waals surface area contributed by atoms with E-state index in [1.165, 1.54) is 0 Å². The van der Waals surface area contributed by atoms with Crippen molar-refractivity contribution in [3.63, 3.8) is 0 Å². The normalized spacial score (nSPS) is 19.7. The van der Waals surface area contributed by atoms with Gasteiger partial charge in [0.15, 0.2) is 0 Å². The highest BCUT2D eigenvalue weighted by Gasteiger charge is 2.17. The van der Waals surface area contributed by atoms with E-state index >= 15 is 0 Å². The minimum atomic E-state index is 0.172. The van der Waals surface area contributed by atoms with Crippen molar-refractivity contribution in [2.75, 3.05) is 32.7 Å². The molecule has 0 spiro atoms. The van der Waals surface area contributed by atoms with Gasteiger partial charge in [0.1, 0.15) is 0 Å². The zero-order valence-electron chi connectivity index (χ0n) is 7.33. The number of rotatable bonds is 2. The van der Waals surface area contributed by atoms with Crippen molar-refractivity contribution < 1.29 is 4.79 Å². The molecule has 1 rings (SSSR count). The van der Waals surface area contributed by atoms with E-state index in [0.29, 0.717) is 13.0 Å². The third kappa shape index (κ3) is 2.46. The molecule has 1 heterocycles. The number of carbonyl (C=O) groups is 1. The van der Waals surface area contributed by atoms with Crippen LogP contribution in [0.15, 0.2) is 0 Å². The summed E-state index contributed by atoms with van der Waals surface area (Å²) in [6.45, 7) is 3.78. The van der Waals surface area contributed by atoms with Gasteiger partial charge in [0, 0.05) is 46.2 Å². The van der Waals surface area contributed by atoms with Crippen LogP contribution in [0.2, 0.25) is 0 Å². The molecule has 0 aromatic rings. The van der Waals surface area contributed by atoms with Crippen molar-refractivity contribution in [3.8, 4) is 0 Å². The lowest BCUT2D eigenvalue weighted by molar-refractivity contribution is -0.132. The van der Waals surface area contributed by atoms with Crippen LogP contribution < -0.4 is 5.73 Å². The summed E-state index contributed by atoms with van der Waals surface area (Å²) < 4.78 is 0. The number of hydrogen-bond donors (Lipinski definition) is 1. The second-order valence-electron chi connectivity index (χ2n) is 3.04. The predicted molar refractivity (Wildman–Crippen MR) is 47.2 cm³/mol. The Morgan fingerprint density at radius 1 is 1.33 bits per heavy atom. The minimum absolute atomic E-state index is 0.172. The van der Waals surface area contributed by atoms with Gasteiger partial charge in [0.25, 0.3) is 0 Å². The van der Waals surface area contributed by atoms with E-state index in [4.69, 9.17) is 5.73 Å². The molecule has 0 aliphatic carbocycles. The van der Waals surface area contributed by atoms with Crippen LogP contribution in [0, 0.1) is 7.05 Å². The fourth-order valence-electron chi connectivity index (χ4n) is 1.28. The highest BCUT2D eigenvalue weighted by molar-refractivity contribution is 5.76. The molecule has 1 saturated heterocycles. The van der Waals surface area contributed by atoms with Gasteiger partial charge in [-0.05, 0) is 0 Å². The Balaban J connectivity index is 2.29. The SMILES string of the molecule is [CH2]N1CCN(C(=O)CCN)CC1. The van der Waals surface area contributed by atoms with E-state index in [2.05, 4.69) is 7.05 Å². The maximum Gasteiger partial charge on any atom is 0.223 e. The average Bonchev–Trinajstić information content (AvgIpc) is 2.06. The third-order valence-electron chi connectivity index (χ3n) is 2.08. The molecular weight excluding hydrogens is 154 g/mol. The van der Waals surface area contributed by atoms with Crippen molar-refractivity contribution >= 4 is 5.91 Å². The molecule has 0 atom stereocenters. The van der Waals surface area contributed by atoms with Crippen LogP contribution in [0.5, 0.6) is 0 Å². The standard InChI is InChI=1S/C8H16N3O/c1-10-4-6-11(7-5-10)8(12)2-3-9/h1-7,9H2. The molecule has 2 N–H and O–H groups in total. The largest absolute Gasteiger partial charge is 0.340 e. The first-order valence-electron chi connectivity index (χ1n) is 4.27. The molecule has 0 bridgehead atoms. The first-order chi connectivity index (χ1) is 5.74. The summed E-state index contributed by atoms with van der Waals surface area (Å²) in [5.74, 6) is 0.172. The van der Waals surface area contributed by atoms with Gasteiger partial charge in [-0.25, -0.2) is 0 Å². The maximum absolute atomic E-state index is 11.3. The Bertz CT molecular complexity index is 152. The predicted octanol–water partition coefficient (Wildman–Crippen LogP) is -0.729. The zero-order chi connectivity index (χ0) is 8.97. The summed E-state index contributed by atoms with van der Waals surface area (Å²) >= 11 is 0. The van der Waals surface area contributed by atoms with E-state index in [0.717, 1.165) is 26.2 Å². The Morgan fingerprint density at radius 3 is 2.42 bits per heavy atom. The second-order valence-corrected chi connectivity index (χ2v) is 3.04. The third-order valence-corrected chi connectivity index (χ3v) is 2.08. The van der Waals surface area contributed by atoms with Crippen LogP contribution >= 0.6 is 0 Å². The summed E-state index contributed by atoms with van der Waals surface area (Å²) in [6.07, 6.45) is 0.469. The monoisotopic (exact) mass is 170 g/mol. The zero-order valence-corrected chi connectivity index (χ0v) is 7.33. The molecule has 0 saturated carbocycles. The number of hydrogen-bond acceptors (Lipinski definition) is 3. The van der Waals surface area contributed by atoms with Gasteiger partial charge < -0.3 is 10.6 Å². The smallest absolute Gasteiger partial charge is 0.223 e. The number of nitrogens with two attached hydrogens (primary N) is 1. The van der Waals surface area contributed by atoms with Gasteiger partial charge in [-0.1, -0.05) is 0 Å². The van der Waals surface area contributed by atoms with Gasteiger partial charge in [-0.15, -0.1) is 0 Å². The van der Waals surface area contributed by atoms with Gasteiger partial charge in [0.05, 0.1) is 0 Å². The van der Waals surface area contributed by atoms with Crippen LogP contribution in [0.3, 0.4) is 0 Å². The molecule has 0 aromatic carbocycles. The first-order valence-corrected chi connectivity index (χ1v) is 4.27. The Labute approximate surface area is 73.3 Å². The summed E-state index contributed by atoms with van der Waals surface area (Å²) in [5.41, 5.74) is 5.29. The van der Waals surface area contributed by atoms with E-state index in [-0.39, 0.29) is 5.91 Å². The quantitative estimate of drug-likeness (QED) is 0.594. The molecule has 1 aliphatic heterocycles. The Hall–Kier alpha value is -0.610. The fraction of sp³-hybridized carbons (Fsp3) is 0.750. The lowest BCUT2D eigenvalue weighted by Crippen LogP contribution is -2.46. The van der Waals surface area contributed by atoms with Gasteiger partial charge in [-0.2, -0.15) is 0 Å². The van der Waals surface area contributed by atoms with Gasteiger partial charge in [-0.3, -0.25) is 9.69 Å². The van der Waals surface area contributed by atoms with Crippen molar-refractivity contribution in [1.29, 1.82) is 0 Å². The topological polar surface area (TPSA) is 49.6 Å². The van der Waals surface area contributed by atoms with E-state index < -0.39 is 0 Å². The van der Waals surface area contributed by atoms with Crippen molar-refractivity contribution in [1.82, 2.24) is 9.80 Å². The lowest BCUT2D eigenvalue weighted by Gasteiger charge is -2.32. The second kappa shape index (κ2) is 4.42. The molecule has 4 nitrogen and oxygen atoms in total. The maximum atomic E-state index is 11.3. The van der Waals surface area contributed by atoms with Crippen LogP contribution in [0.4, 0.5) is 0 Å². The van der Waals surface area contributed by atoms with Gasteiger partial charge >= 0.3 is 0 Å². The molecule has 4 heteroatoms. The molecule has 12 heavy (non-hydrogen) atoms. The Kier molecular flexibility index (Phi) is 3.49. The lowest BCUT2D eigenvalue weighted by atomic mass is 10.3. The van der Waals surface area contributed by atoms with Crippen LogP contribution in [-0.4, -0.2) is 48.4 Å². The highest BCUT2D eigenvalue weighted by Crippen LogP contribution is 2.01.